The van der Waals surface area contributed by atoms with Gasteiger partial charge in [0, 0.05) is 0 Å². The Morgan fingerprint density at radius 3 is 1.38 bits per heavy atom. The summed E-state index contributed by atoms with van der Waals surface area (Å²) in [5, 5.41) is 6.28. The first-order chi connectivity index (χ1) is 11.8. The molecule has 2 heteroatoms. The lowest BCUT2D eigenvalue weighted by molar-refractivity contribution is 0.643. The summed E-state index contributed by atoms with van der Waals surface area (Å²) >= 11 is -0.972. The molecule has 0 atom stereocenters. The Morgan fingerprint density at radius 1 is 0.542 bits per heavy atom. The van der Waals surface area contributed by atoms with Crippen LogP contribution in [-0.2, 0) is 0 Å². The van der Waals surface area contributed by atoms with Crippen LogP contribution in [0.15, 0.2) is 20.0 Å². The molecule has 0 spiro atoms. The van der Waals surface area contributed by atoms with Crippen molar-refractivity contribution in [1.82, 2.24) is 0 Å². The Kier molecular flexibility index (Phi) is 8.07. The molecule has 0 fully saturated rings. The van der Waals surface area contributed by atoms with Crippen LogP contribution in [0.1, 0.15) is 90.9 Å². The van der Waals surface area contributed by atoms with E-state index in [0.717, 1.165) is 0 Å². The molecular formula is C22H38Al2. The molecule has 0 saturated carbocycles. The lowest BCUT2D eigenvalue weighted by Crippen LogP contribution is -2.11. The number of rotatable bonds is 2. The zero-order valence-electron chi connectivity index (χ0n) is 16.5. The smallest absolute Gasteiger partial charge is 0.131 e. The van der Waals surface area contributed by atoms with E-state index >= 15 is 0 Å². The van der Waals surface area contributed by atoms with Crippen LogP contribution in [0, 0.1) is 0 Å². The largest absolute Gasteiger partial charge is 0.299 e. The van der Waals surface area contributed by atoms with Gasteiger partial charge in [0.2, 0.25) is 0 Å². The molecular weight excluding hydrogens is 318 g/mol. The zero-order chi connectivity index (χ0) is 16.8. The highest BCUT2D eigenvalue weighted by Gasteiger charge is 2.30. The predicted molar refractivity (Wildman–Crippen MR) is 112 cm³/mol. The molecule has 0 aromatic carbocycles. The van der Waals surface area contributed by atoms with E-state index in [0.29, 0.717) is 0 Å². The average molecular weight is 357 g/mol. The molecule has 0 unspecified atom stereocenters. The van der Waals surface area contributed by atoms with Crippen LogP contribution < -0.4 is 0 Å². The highest BCUT2D eigenvalue weighted by Crippen LogP contribution is 2.37. The minimum Gasteiger partial charge on any atom is -0.131 e. The molecule has 2 aliphatic heterocycles. The Bertz CT molecular complexity index is 432. The lowest BCUT2D eigenvalue weighted by Gasteiger charge is -2.15. The van der Waals surface area contributed by atoms with Gasteiger partial charge in [-0.1, -0.05) is 71.8 Å². The molecule has 0 aromatic rings. The van der Waals surface area contributed by atoms with Crippen molar-refractivity contribution >= 4 is 28.3 Å². The van der Waals surface area contributed by atoms with Gasteiger partial charge in [-0.25, -0.2) is 0 Å². The van der Waals surface area contributed by atoms with Crippen molar-refractivity contribution < 1.29 is 0 Å². The summed E-state index contributed by atoms with van der Waals surface area (Å²) in [6.45, 7) is 4.95. The van der Waals surface area contributed by atoms with Crippen molar-refractivity contribution in [3.8, 4) is 0 Å². The van der Waals surface area contributed by atoms with Crippen LogP contribution in [0.4, 0.5) is 0 Å². The van der Waals surface area contributed by atoms with Gasteiger partial charge >= 0.3 is 0 Å². The van der Waals surface area contributed by atoms with Gasteiger partial charge in [0.25, 0.3) is 28.3 Å². The second-order valence-corrected chi connectivity index (χ2v) is 15.6. The van der Waals surface area contributed by atoms with Gasteiger partial charge in [0.05, 0.1) is 0 Å². The predicted octanol–water partition coefficient (Wildman–Crippen LogP) is 7.41. The first kappa shape index (κ1) is 19.3. The van der Waals surface area contributed by atoms with Crippen LogP contribution in [0.2, 0.25) is 21.1 Å². The quantitative estimate of drug-likeness (QED) is 0.452. The molecule has 3 rings (SSSR count). The molecule has 0 amide bonds. The summed E-state index contributed by atoms with van der Waals surface area (Å²) < 4.78 is 4.13. The van der Waals surface area contributed by atoms with E-state index < -0.39 is 28.3 Å². The van der Waals surface area contributed by atoms with E-state index in [1.807, 2.05) is 11.1 Å². The van der Waals surface area contributed by atoms with Crippen molar-refractivity contribution in [1.29, 1.82) is 0 Å². The Balaban J connectivity index is 1.62. The summed E-state index contributed by atoms with van der Waals surface area (Å²) in [5.41, 5.74) is 3.93. The third-order valence-electron chi connectivity index (χ3n) is 7.32. The van der Waals surface area contributed by atoms with Gasteiger partial charge in [0.1, 0.15) is 0 Å². The van der Waals surface area contributed by atoms with E-state index in [1.165, 1.54) is 87.6 Å². The molecule has 132 valence electrons. The van der Waals surface area contributed by atoms with E-state index in [1.54, 1.807) is 10.6 Å². The summed E-state index contributed by atoms with van der Waals surface area (Å²) in [7, 11) is 0. The summed E-state index contributed by atoms with van der Waals surface area (Å²) in [6.07, 6.45) is 17.9. The highest BCUT2D eigenvalue weighted by atomic mass is 27.2. The van der Waals surface area contributed by atoms with Gasteiger partial charge in [-0.15, -0.1) is 8.87 Å². The van der Waals surface area contributed by atoms with Gasteiger partial charge in [-0.3, -0.25) is 0 Å². The number of allylic oxidation sites excluding steroid dienone is 4. The summed E-state index contributed by atoms with van der Waals surface area (Å²) in [4.78, 5) is 0. The number of hydrogen-bond donors (Lipinski definition) is 0. The second kappa shape index (κ2) is 10.0. The second-order valence-electron chi connectivity index (χ2n) is 8.67. The average Bonchev–Trinajstić information content (AvgIpc) is 3.17. The fourth-order valence-electron chi connectivity index (χ4n) is 5.84. The molecule has 24 heavy (non-hydrogen) atoms. The third kappa shape index (κ3) is 4.83. The maximum atomic E-state index is 2.47. The van der Waals surface area contributed by atoms with Gasteiger partial charge in [-0.05, 0) is 51.4 Å². The van der Waals surface area contributed by atoms with E-state index in [-0.39, 0.29) is 0 Å². The zero-order valence-corrected chi connectivity index (χ0v) is 18.8. The van der Waals surface area contributed by atoms with Crippen LogP contribution >= 0.6 is 0 Å². The van der Waals surface area contributed by atoms with Gasteiger partial charge < -0.3 is 0 Å². The van der Waals surface area contributed by atoms with Crippen molar-refractivity contribution in [3.05, 3.63) is 20.0 Å². The maximum absolute atomic E-state index is 2.47. The first-order valence-electron chi connectivity index (χ1n) is 11.2. The summed E-state index contributed by atoms with van der Waals surface area (Å²) in [5.74, 6) is 0. The molecule has 0 saturated heterocycles. The van der Waals surface area contributed by atoms with E-state index in [2.05, 4.69) is 22.7 Å². The molecule has 0 aromatic heterocycles. The molecule has 3 aliphatic rings. The standard InChI is InChI=1S/C18H28.2C2H5.2Al/c1-3-17-13-9-6-5-7-10-14-18(4-2)16-12-8-11-15-17;2*1-2;;/h1-12,15-16H2;2*1H2,2H3;;. The maximum Gasteiger partial charge on any atom is 0.299 e. The molecule has 0 nitrogen and oxygen atoms in total. The summed E-state index contributed by atoms with van der Waals surface area (Å²) in [6, 6.07) is 0. The van der Waals surface area contributed by atoms with Crippen LogP contribution in [0.3, 0.4) is 0 Å². The van der Waals surface area contributed by atoms with Crippen LogP contribution in [-0.4, -0.2) is 28.3 Å². The Morgan fingerprint density at radius 2 is 0.958 bits per heavy atom. The van der Waals surface area contributed by atoms with Gasteiger partial charge in [0.15, 0.2) is 0 Å². The van der Waals surface area contributed by atoms with Crippen LogP contribution in [0.25, 0.3) is 0 Å². The minimum absolute atomic E-state index is 0.486. The van der Waals surface area contributed by atoms with Gasteiger partial charge in [-0.2, -0.15) is 0 Å². The molecule has 0 radical (unpaired) electrons. The molecule has 2 heterocycles. The van der Waals surface area contributed by atoms with E-state index in [9.17, 15) is 0 Å². The van der Waals surface area contributed by atoms with Crippen molar-refractivity contribution in [3.63, 3.8) is 0 Å². The highest BCUT2D eigenvalue weighted by molar-refractivity contribution is 6.68. The SMILES string of the molecule is C[CH2][Al]1[CH2]CC2=[C]1CCCCC[C]1=C(CCCCC2)C[CH2][Al]1[CH2]C. The normalized spacial score (nSPS) is 24.2. The fraction of sp³-hybridized carbons (Fsp3) is 0.818. The Labute approximate surface area is 160 Å². The lowest BCUT2D eigenvalue weighted by atomic mass is 9.98. The Hall–Kier alpha value is 0.545. The van der Waals surface area contributed by atoms with Crippen LogP contribution in [0.5, 0.6) is 0 Å². The van der Waals surface area contributed by atoms with Crippen molar-refractivity contribution in [2.24, 2.45) is 0 Å². The van der Waals surface area contributed by atoms with E-state index in [4.69, 9.17) is 0 Å². The van der Waals surface area contributed by atoms with Crippen molar-refractivity contribution in [2.75, 3.05) is 0 Å². The number of hydrogen-bond acceptors (Lipinski definition) is 0. The monoisotopic (exact) mass is 356 g/mol. The molecule has 0 bridgehead atoms. The topological polar surface area (TPSA) is 0 Å². The minimum atomic E-state index is -0.486. The fourth-order valence-corrected chi connectivity index (χ4v) is 12.7. The van der Waals surface area contributed by atoms with Crippen molar-refractivity contribution in [2.45, 2.75) is 112 Å². The third-order valence-corrected chi connectivity index (χ3v) is 14.6. The first-order valence-corrected chi connectivity index (χ1v) is 15.7. The molecule has 1 aliphatic carbocycles. The molecule has 0 N–H and O–H groups in total.